The van der Waals surface area contributed by atoms with Crippen LogP contribution in [0.4, 0.5) is 5.69 Å². The summed E-state index contributed by atoms with van der Waals surface area (Å²) in [7, 11) is 0. The van der Waals surface area contributed by atoms with Crippen LogP contribution in [0.15, 0.2) is 48.5 Å². The minimum atomic E-state index is -0.378. The number of hydroxylamine groups is 2. The molecule has 0 aliphatic carbocycles. The van der Waals surface area contributed by atoms with Crippen LogP contribution in [0.25, 0.3) is 0 Å². The number of hydrogen-bond acceptors (Lipinski definition) is 5. The fraction of sp³-hybridized carbons (Fsp3) is 0.333. The monoisotopic (exact) mass is 399 g/mol. The van der Waals surface area contributed by atoms with Crippen LogP contribution in [0.1, 0.15) is 27.1 Å². The highest BCUT2D eigenvalue weighted by molar-refractivity contribution is 6.30. The highest BCUT2D eigenvalue weighted by Crippen LogP contribution is 2.23. The first-order chi connectivity index (χ1) is 13.6. The second-order valence-electron chi connectivity index (χ2n) is 6.94. The van der Waals surface area contributed by atoms with Gasteiger partial charge in [0, 0.05) is 43.4 Å². The van der Waals surface area contributed by atoms with E-state index in [0.717, 1.165) is 49.2 Å². The van der Waals surface area contributed by atoms with Gasteiger partial charge in [-0.1, -0.05) is 23.7 Å². The van der Waals surface area contributed by atoms with Gasteiger partial charge in [0.15, 0.2) is 0 Å². The van der Waals surface area contributed by atoms with E-state index in [1.807, 2.05) is 24.3 Å². The third-order valence-corrected chi connectivity index (χ3v) is 5.41. The molecule has 0 bridgehead atoms. The number of carbonyl (C=O) groups excluding carboxylic acids is 2. The van der Waals surface area contributed by atoms with Crippen molar-refractivity contribution in [2.45, 2.75) is 6.42 Å². The molecule has 0 spiro atoms. The molecule has 2 aromatic carbocycles. The molecule has 7 heteroatoms. The van der Waals surface area contributed by atoms with E-state index in [9.17, 15) is 9.59 Å². The van der Waals surface area contributed by atoms with Gasteiger partial charge in [0.2, 0.25) is 0 Å². The largest absolute Gasteiger partial charge is 0.369 e. The Morgan fingerprint density at radius 1 is 0.857 bits per heavy atom. The van der Waals surface area contributed by atoms with Crippen LogP contribution in [-0.2, 0) is 4.84 Å². The smallest absolute Gasteiger partial charge is 0.285 e. The molecule has 0 atom stereocenters. The van der Waals surface area contributed by atoms with E-state index in [-0.39, 0.29) is 11.8 Å². The Morgan fingerprint density at radius 2 is 1.46 bits per heavy atom. The minimum Gasteiger partial charge on any atom is -0.369 e. The second kappa shape index (κ2) is 8.31. The maximum Gasteiger partial charge on any atom is 0.285 e. The molecule has 2 aromatic rings. The Labute approximate surface area is 169 Å². The average Bonchev–Trinajstić information content (AvgIpc) is 2.97. The number of imide groups is 1. The predicted octanol–water partition coefficient (Wildman–Crippen LogP) is 3.08. The summed E-state index contributed by atoms with van der Waals surface area (Å²) < 4.78 is 0. The lowest BCUT2D eigenvalue weighted by Gasteiger charge is -2.36. The van der Waals surface area contributed by atoms with E-state index in [4.69, 9.17) is 16.4 Å². The van der Waals surface area contributed by atoms with Gasteiger partial charge in [0.1, 0.15) is 0 Å². The summed E-state index contributed by atoms with van der Waals surface area (Å²) in [5.41, 5.74) is 2.01. The maximum absolute atomic E-state index is 12.3. The normalized spacial score (nSPS) is 17.3. The number of anilines is 1. The van der Waals surface area contributed by atoms with Gasteiger partial charge < -0.3 is 4.90 Å². The topological polar surface area (TPSA) is 53.1 Å². The molecule has 0 N–H and O–H groups in total. The number of hydrogen-bond donors (Lipinski definition) is 0. The van der Waals surface area contributed by atoms with Crippen molar-refractivity contribution in [3.8, 4) is 0 Å². The van der Waals surface area contributed by atoms with E-state index in [1.165, 1.54) is 5.69 Å². The van der Waals surface area contributed by atoms with Crippen molar-refractivity contribution in [2.24, 2.45) is 0 Å². The third-order valence-electron chi connectivity index (χ3n) is 5.16. The average molecular weight is 400 g/mol. The Morgan fingerprint density at radius 3 is 2.07 bits per heavy atom. The van der Waals surface area contributed by atoms with Crippen molar-refractivity contribution >= 4 is 29.1 Å². The third kappa shape index (κ3) is 3.90. The summed E-state index contributed by atoms with van der Waals surface area (Å²) in [5, 5.41) is 1.64. The summed E-state index contributed by atoms with van der Waals surface area (Å²) in [6, 6.07) is 14.7. The van der Waals surface area contributed by atoms with Gasteiger partial charge in [-0.05, 0) is 42.8 Å². The number of nitrogens with zero attached hydrogens (tertiary/aromatic N) is 3. The van der Waals surface area contributed by atoms with Gasteiger partial charge in [-0.15, -0.1) is 5.06 Å². The van der Waals surface area contributed by atoms with Crippen molar-refractivity contribution in [3.63, 3.8) is 0 Å². The molecule has 2 aliphatic heterocycles. The molecule has 0 unspecified atom stereocenters. The van der Waals surface area contributed by atoms with Crippen molar-refractivity contribution in [1.29, 1.82) is 0 Å². The number of fused-ring (bicyclic) bond motifs is 1. The van der Waals surface area contributed by atoms with Gasteiger partial charge in [-0.25, -0.2) is 0 Å². The Bertz CT molecular complexity index is 828. The first-order valence-corrected chi connectivity index (χ1v) is 9.85. The zero-order chi connectivity index (χ0) is 19.5. The van der Waals surface area contributed by atoms with E-state index in [2.05, 4.69) is 9.80 Å². The Hall–Kier alpha value is -2.41. The number of rotatable bonds is 6. The first kappa shape index (κ1) is 18.9. The fourth-order valence-electron chi connectivity index (χ4n) is 3.61. The number of halogens is 1. The number of piperazine rings is 1. The van der Waals surface area contributed by atoms with Crippen LogP contribution in [0.3, 0.4) is 0 Å². The first-order valence-electron chi connectivity index (χ1n) is 9.47. The van der Waals surface area contributed by atoms with Gasteiger partial charge in [0.05, 0.1) is 17.7 Å². The highest BCUT2D eigenvalue weighted by Gasteiger charge is 2.36. The standard InChI is InChI=1S/C21H22ClN3O3/c22-16-6-8-17(9-7-16)24-13-11-23(12-14-24)10-3-15-28-25-20(26)18-4-1-2-5-19(18)21(25)27/h1-2,4-9H,3,10-15H2. The van der Waals surface area contributed by atoms with Gasteiger partial charge in [0.25, 0.3) is 11.8 Å². The molecule has 28 heavy (non-hydrogen) atoms. The molecule has 0 aromatic heterocycles. The summed E-state index contributed by atoms with van der Waals surface area (Å²) in [6.07, 6.45) is 0.758. The van der Waals surface area contributed by atoms with Crippen molar-refractivity contribution < 1.29 is 14.4 Å². The number of amides is 2. The van der Waals surface area contributed by atoms with E-state index < -0.39 is 0 Å². The SMILES string of the molecule is O=C1c2ccccc2C(=O)N1OCCCN1CCN(c2ccc(Cl)cc2)CC1. The molecule has 146 valence electrons. The zero-order valence-electron chi connectivity index (χ0n) is 15.5. The van der Waals surface area contributed by atoms with Crippen molar-refractivity contribution in [2.75, 3.05) is 44.2 Å². The minimum absolute atomic E-state index is 0.336. The molecule has 2 amide bonds. The van der Waals surface area contributed by atoms with Crippen LogP contribution in [-0.4, -0.2) is 61.1 Å². The summed E-state index contributed by atoms with van der Waals surface area (Å²) in [4.78, 5) is 34.7. The molecule has 0 saturated carbocycles. The molecule has 1 fully saturated rings. The van der Waals surface area contributed by atoms with Gasteiger partial charge in [-0.3, -0.25) is 19.3 Å². The van der Waals surface area contributed by atoms with Crippen molar-refractivity contribution in [3.05, 3.63) is 64.7 Å². The zero-order valence-corrected chi connectivity index (χ0v) is 16.3. The summed E-state index contributed by atoms with van der Waals surface area (Å²) >= 11 is 5.95. The van der Waals surface area contributed by atoms with Gasteiger partial charge >= 0.3 is 0 Å². The van der Waals surface area contributed by atoms with Crippen LogP contribution >= 0.6 is 11.6 Å². The lowest BCUT2D eigenvalue weighted by atomic mass is 10.1. The quantitative estimate of drug-likeness (QED) is 0.552. The number of benzene rings is 2. The van der Waals surface area contributed by atoms with Crippen LogP contribution < -0.4 is 4.90 Å². The Balaban J connectivity index is 1.19. The van der Waals surface area contributed by atoms with Gasteiger partial charge in [-0.2, -0.15) is 0 Å². The summed E-state index contributed by atoms with van der Waals surface area (Å²) in [5.74, 6) is -0.755. The highest BCUT2D eigenvalue weighted by atomic mass is 35.5. The van der Waals surface area contributed by atoms with Crippen molar-refractivity contribution in [1.82, 2.24) is 9.96 Å². The molecular formula is C21H22ClN3O3. The molecule has 2 heterocycles. The molecule has 2 aliphatic rings. The lowest BCUT2D eigenvalue weighted by molar-refractivity contribution is -0.0930. The van der Waals surface area contributed by atoms with Crippen LogP contribution in [0.5, 0.6) is 0 Å². The van der Waals surface area contributed by atoms with E-state index in [0.29, 0.717) is 17.7 Å². The molecule has 1 saturated heterocycles. The maximum atomic E-state index is 12.3. The van der Waals surface area contributed by atoms with E-state index >= 15 is 0 Å². The number of carbonyl (C=O) groups is 2. The van der Waals surface area contributed by atoms with Crippen LogP contribution in [0, 0.1) is 0 Å². The molecule has 0 radical (unpaired) electrons. The molecule has 6 nitrogen and oxygen atoms in total. The molecular weight excluding hydrogens is 378 g/mol. The second-order valence-corrected chi connectivity index (χ2v) is 7.38. The lowest BCUT2D eigenvalue weighted by Crippen LogP contribution is -2.46. The Kier molecular flexibility index (Phi) is 5.62. The molecule has 4 rings (SSSR count). The fourth-order valence-corrected chi connectivity index (χ4v) is 3.74. The van der Waals surface area contributed by atoms with Crippen LogP contribution in [0.2, 0.25) is 5.02 Å². The summed E-state index contributed by atoms with van der Waals surface area (Å²) in [6.45, 7) is 5.06. The van der Waals surface area contributed by atoms with E-state index in [1.54, 1.807) is 24.3 Å². The predicted molar refractivity (Wildman–Crippen MR) is 108 cm³/mol.